The van der Waals surface area contributed by atoms with Crippen LogP contribution in [-0.2, 0) is 4.74 Å². The Bertz CT molecular complexity index is 1330. The van der Waals surface area contributed by atoms with Crippen molar-refractivity contribution in [1.29, 1.82) is 0 Å². The summed E-state index contributed by atoms with van der Waals surface area (Å²) in [5.41, 5.74) is 4.49. The maximum atomic E-state index is 6.46. The van der Waals surface area contributed by atoms with Gasteiger partial charge in [0.1, 0.15) is 29.2 Å². The number of epoxide rings is 1. The zero-order valence-corrected chi connectivity index (χ0v) is 20.1. The van der Waals surface area contributed by atoms with E-state index in [1.54, 1.807) is 24.6 Å². The molecule has 1 saturated heterocycles. The molecule has 1 unspecified atom stereocenters. The first kappa shape index (κ1) is 21.6. The second-order valence-corrected chi connectivity index (χ2v) is 9.30. The molecule has 33 heavy (non-hydrogen) atoms. The predicted molar refractivity (Wildman–Crippen MR) is 128 cm³/mol. The van der Waals surface area contributed by atoms with E-state index in [4.69, 9.17) is 28.9 Å². The van der Waals surface area contributed by atoms with E-state index in [0.717, 1.165) is 45.2 Å². The van der Waals surface area contributed by atoms with E-state index in [-0.39, 0.29) is 6.10 Å². The van der Waals surface area contributed by atoms with E-state index >= 15 is 0 Å². The minimum atomic E-state index is 0.155. The zero-order valence-electron chi connectivity index (χ0n) is 19.3. The molecule has 8 heteroatoms. The number of hydrogen-bond acceptors (Lipinski definition) is 8. The Kier molecular flexibility index (Phi) is 5.64. The number of methoxy groups -OCH3 is 1. The van der Waals surface area contributed by atoms with Gasteiger partial charge in [-0.05, 0) is 51.5 Å². The van der Waals surface area contributed by atoms with Crippen molar-refractivity contribution in [3.05, 3.63) is 52.3 Å². The minimum absolute atomic E-state index is 0.155. The fourth-order valence-electron chi connectivity index (χ4n) is 3.44. The number of aryl methyl sites for hydroxylation is 4. The fourth-order valence-corrected chi connectivity index (χ4v) is 4.35. The lowest BCUT2D eigenvalue weighted by atomic mass is 10.1. The van der Waals surface area contributed by atoms with Crippen molar-refractivity contribution in [3.8, 4) is 33.7 Å². The summed E-state index contributed by atoms with van der Waals surface area (Å²) in [6.07, 6.45) is 1.88. The van der Waals surface area contributed by atoms with Crippen LogP contribution in [0.3, 0.4) is 0 Å². The third-order valence-corrected chi connectivity index (χ3v) is 6.78. The molecule has 0 N–H and O–H groups in total. The summed E-state index contributed by atoms with van der Waals surface area (Å²) in [6, 6.07) is 7.63. The van der Waals surface area contributed by atoms with Gasteiger partial charge in [0.2, 0.25) is 0 Å². The Balaban J connectivity index is 1.57. The van der Waals surface area contributed by atoms with Crippen molar-refractivity contribution in [1.82, 2.24) is 15.0 Å². The molecule has 0 radical (unpaired) electrons. The van der Waals surface area contributed by atoms with Crippen molar-refractivity contribution < 1.29 is 18.9 Å². The molecule has 1 aromatic carbocycles. The highest BCUT2D eigenvalue weighted by Gasteiger charge is 2.24. The average molecular weight is 464 g/mol. The number of rotatable bonds is 7. The van der Waals surface area contributed by atoms with Crippen LogP contribution < -0.4 is 14.2 Å². The van der Waals surface area contributed by atoms with Gasteiger partial charge in [-0.25, -0.2) is 9.97 Å². The Morgan fingerprint density at radius 3 is 2.52 bits per heavy atom. The number of aromatic nitrogens is 3. The fraction of sp³-hybridized carbons (Fsp3) is 0.320. The SMILES string of the molecule is COc1cc2c(Oc3cc(C)c(C)nc3-c3nc(C)c(C)s3)ccnc2cc1OCC1CO1. The maximum absolute atomic E-state index is 6.46. The molecule has 5 rings (SSSR count). The second-order valence-electron chi connectivity index (χ2n) is 8.10. The molecule has 0 amide bonds. The van der Waals surface area contributed by atoms with Crippen LogP contribution in [0.1, 0.15) is 21.8 Å². The number of nitrogens with zero attached hydrogens (tertiary/aromatic N) is 3. The van der Waals surface area contributed by atoms with Crippen molar-refractivity contribution >= 4 is 22.2 Å². The zero-order chi connectivity index (χ0) is 23.1. The topological polar surface area (TPSA) is 78.9 Å². The molecular formula is C25H25N3O4S. The average Bonchev–Trinajstić information content (AvgIpc) is 3.57. The lowest BCUT2D eigenvalue weighted by Gasteiger charge is -2.15. The van der Waals surface area contributed by atoms with Crippen LogP contribution in [0.2, 0.25) is 0 Å². The van der Waals surface area contributed by atoms with Crippen LogP contribution in [-0.4, -0.2) is 41.4 Å². The number of thiazole rings is 1. The highest BCUT2D eigenvalue weighted by Crippen LogP contribution is 2.40. The quantitative estimate of drug-likeness (QED) is 0.332. The molecule has 7 nitrogen and oxygen atoms in total. The number of pyridine rings is 2. The highest BCUT2D eigenvalue weighted by molar-refractivity contribution is 7.15. The van der Waals surface area contributed by atoms with Crippen LogP contribution in [0, 0.1) is 27.7 Å². The van der Waals surface area contributed by atoms with Gasteiger partial charge in [-0.1, -0.05) is 0 Å². The lowest BCUT2D eigenvalue weighted by Crippen LogP contribution is -2.05. The minimum Gasteiger partial charge on any atom is -0.493 e. The Labute approximate surface area is 196 Å². The largest absolute Gasteiger partial charge is 0.493 e. The summed E-state index contributed by atoms with van der Waals surface area (Å²) < 4.78 is 23.2. The summed E-state index contributed by atoms with van der Waals surface area (Å²) in [5, 5.41) is 1.66. The van der Waals surface area contributed by atoms with Crippen LogP contribution in [0.25, 0.3) is 21.6 Å². The molecule has 0 spiro atoms. The number of hydrogen-bond donors (Lipinski definition) is 0. The molecule has 1 aliphatic rings. The van der Waals surface area contributed by atoms with E-state index < -0.39 is 0 Å². The summed E-state index contributed by atoms with van der Waals surface area (Å²) in [4.78, 5) is 15.2. The first-order chi connectivity index (χ1) is 15.9. The van der Waals surface area contributed by atoms with E-state index in [0.29, 0.717) is 29.6 Å². The molecule has 4 heterocycles. The Hall–Kier alpha value is -3.23. The van der Waals surface area contributed by atoms with Crippen LogP contribution in [0.4, 0.5) is 0 Å². The van der Waals surface area contributed by atoms with E-state index in [1.807, 2.05) is 45.0 Å². The van der Waals surface area contributed by atoms with Gasteiger partial charge >= 0.3 is 0 Å². The predicted octanol–water partition coefficient (Wildman–Crippen LogP) is 5.57. The van der Waals surface area contributed by atoms with Crippen molar-refractivity contribution in [2.45, 2.75) is 33.8 Å². The van der Waals surface area contributed by atoms with Gasteiger partial charge in [-0.2, -0.15) is 0 Å². The number of ether oxygens (including phenoxy) is 4. The molecule has 1 fully saturated rings. The number of benzene rings is 1. The van der Waals surface area contributed by atoms with Gasteiger partial charge in [-0.3, -0.25) is 4.98 Å². The highest BCUT2D eigenvalue weighted by atomic mass is 32.1. The van der Waals surface area contributed by atoms with Gasteiger partial charge in [0.05, 0.1) is 24.9 Å². The molecule has 4 aromatic rings. The van der Waals surface area contributed by atoms with E-state index in [9.17, 15) is 0 Å². The van der Waals surface area contributed by atoms with Crippen molar-refractivity contribution in [2.24, 2.45) is 0 Å². The maximum Gasteiger partial charge on any atom is 0.163 e. The van der Waals surface area contributed by atoms with Crippen LogP contribution >= 0.6 is 11.3 Å². The van der Waals surface area contributed by atoms with Crippen LogP contribution in [0.15, 0.2) is 30.5 Å². The number of fused-ring (bicyclic) bond motifs is 1. The molecule has 1 atom stereocenters. The van der Waals surface area contributed by atoms with Crippen molar-refractivity contribution in [2.75, 3.05) is 20.3 Å². The van der Waals surface area contributed by atoms with Gasteiger partial charge in [-0.15, -0.1) is 11.3 Å². The molecule has 3 aromatic heterocycles. The van der Waals surface area contributed by atoms with Gasteiger partial charge < -0.3 is 18.9 Å². The van der Waals surface area contributed by atoms with Crippen molar-refractivity contribution in [3.63, 3.8) is 0 Å². The second kappa shape index (κ2) is 8.61. The van der Waals surface area contributed by atoms with Gasteiger partial charge in [0, 0.05) is 28.2 Å². The Morgan fingerprint density at radius 1 is 1.00 bits per heavy atom. The lowest BCUT2D eigenvalue weighted by molar-refractivity contribution is 0.252. The van der Waals surface area contributed by atoms with Crippen LogP contribution in [0.5, 0.6) is 23.0 Å². The first-order valence-electron chi connectivity index (χ1n) is 10.7. The van der Waals surface area contributed by atoms with E-state index in [1.165, 1.54) is 4.88 Å². The standard InChI is InChI=1S/C25H25N3O4S/c1-13-8-23(24(27-14(13)2)25-28-15(3)16(4)33-25)32-20-6-7-26-19-10-22(31-12-17-11-30-17)21(29-5)9-18(19)20/h6-10,17H,11-12H2,1-5H3. The Morgan fingerprint density at radius 2 is 1.82 bits per heavy atom. The molecule has 0 saturated carbocycles. The molecule has 0 bridgehead atoms. The summed E-state index contributed by atoms with van der Waals surface area (Å²) in [7, 11) is 1.62. The van der Waals surface area contributed by atoms with E-state index in [2.05, 4.69) is 11.9 Å². The molecule has 1 aliphatic heterocycles. The van der Waals surface area contributed by atoms with Gasteiger partial charge in [0.15, 0.2) is 17.2 Å². The molecular weight excluding hydrogens is 438 g/mol. The monoisotopic (exact) mass is 463 g/mol. The van der Waals surface area contributed by atoms with Gasteiger partial charge in [0.25, 0.3) is 0 Å². The first-order valence-corrected chi connectivity index (χ1v) is 11.6. The smallest absolute Gasteiger partial charge is 0.163 e. The third kappa shape index (κ3) is 4.36. The summed E-state index contributed by atoms with van der Waals surface area (Å²) in [6.45, 7) is 9.32. The normalized spacial score (nSPS) is 15.0. The molecule has 170 valence electrons. The third-order valence-electron chi connectivity index (χ3n) is 5.70. The summed E-state index contributed by atoms with van der Waals surface area (Å²) in [5.74, 6) is 2.56. The summed E-state index contributed by atoms with van der Waals surface area (Å²) >= 11 is 1.62. The molecule has 0 aliphatic carbocycles.